The minimum Gasteiger partial charge on any atom is -0.394 e. The number of aliphatic hydroxyl groups excluding tert-OH is 1. The normalized spacial score (nSPS) is 11.9. The number of nitrogens with one attached hydrogen (secondary N) is 1. The molecule has 3 rings (SSSR count). The Morgan fingerprint density at radius 3 is 2.69 bits per heavy atom. The summed E-state index contributed by atoms with van der Waals surface area (Å²) in [5.74, 6) is -1.93. The molecular formula is C20H17BrF2N4O2. The van der Waals surface area contributed by atoms with Crippen LogP contribution in [0.5, 0.6) is 0 Å². The summed E-state index contributed by atoms with van der Waals surface area (Å²) in [6.07, 6.45) is 1.50. The van der Waals surface area contributed by atoms with Crippen LogP contribution in [-0.2, 0) is 0 Å². The van der Waals surface area contributed by atoms with E-state index in [1.165, 1.54) is 30.5 Å². The third kappa shape index (κ3) is 4.75. The molecule has 6 nitrogen and oxygen atoms in total. The molecule has 0 aliphatic rings. The Bertz CT molecular complexity index is 1060. The zero-order valence-electron chi connectivity index (χ0n) is 15.3. The van der Waals surface area contributed by atoms with E-state index >= 15 is 0 Å². The lowest BCUT2D eigenvalue weighted by Gasteiger charge is -2.18. The van der Waals surface area contributed by atoms with E-state index < -0.39 is 30.2 Å². The highest BCUT2D eigenvalue weighted by Crippen LogP contribution is 2.25. The summed E-state index contributed by atoms with van der Waals surface area (Å²) >= 11 is 3.16. The average Bonchev–Trinajstić information content (AvgIpc) is 2.66. The Hall–Kier alpha value is -2.91. The second-order valence-electron chi connectivity index (χ2n) is 6.35. The minimum absolute atomic E-state index is 0.143. The van der Waals surface area contributed by atoms with Crippen LogP contribution < -0.4 is 11.1 Å². The summed E-state index contributed by atoms with van der Waals surface area (Å²) in [7, 11) is 0. The zero-order chi connectivity index (χ0) is 21.1. The molecule has 1 aromatic heterocycles. The first-order valence-electron chi connectivity index (χ1n) is 8.55. The van der Waals surface area contributed by atoms with Gasteiger partial charge in [0.15, 0.2) is 0 Å². The standard InChI is InChI=1S/C20H17BrF2N4O2/c1-10-8-25-19(24)18(26-10)11-2-3-15(16(23)6-11)20(29)27-17(9-28)12-4-13(21)7-14(22)5-12/h2-8,17,28H,9H2,1H3,(H2,24,25)(H,27,29). The van der Waals surface area contributed by atoms with Crippen molar-refractivity contribution >= 4 is 27.7 Å². The third-order valence-corrected chi connectivity index (χ3v) is 4.64. The number of amides is 1. The largest absolute Gasteiger partial charge is 0.394 e. The number of rotatable bonds is 5. The van der Waals surface area contributed by atoms with E-state index in [0.717, 1.165) is 6.07 Å². The van der Waals surface area contributed by atoms with Crippen LogP contribution in [0.1, 0.15) is 27.7 Å². The van der Waals surface area contributed by atoms with E-state index in [4.69, 9.17) is 5.73 Å². The molecule has 0 saturated carbocycles. The number of halogens is 3. The Morgan fingerprint density at radius 1 is 1.28 bits per heavy atom. The molecule has 1 atom stereocenters. The number of aliphatic hydroxyl groups is 1. The predicted molar refractivity (Wildman–Crippen MR) is 108 cm³/mol. The van der Waals surface area contributed by atoms with Gasteiger partial charge in [0.25, 0.3) is 5.91 Å². The second kappa shape index (κ2) is 8.62. The van der Waals surface area contributed by atoms with Crippen molar-refractivity contribution in [2.75, 3.05) is 12.3 Å². The lowest BCUT2D eigenvalue weighted by Crippen LogP contribution is -2.31. The molecule has 0 radical (unpaired) electrons. The number of nitrogens with two attached hydrogens (primary N) is 1. The van der Waals surface area contributed by atoms with E-state index in [2.05, 4.69) is 31.2 Å². The predicted octanol–water partition coefficient (Wildman–Crippen LogP) is 3.54. The van der Waals surface area contributed by atoms with Gasteiger partial charge >= 0.3 is 0 Å². The summed E-state index contributed by atoms with van der Waals surface area (Å²) < 4.78 is 28.7. The molecule has 1 heterocycles. The monoisotopic (exact) mass is 462 g/mol. The summed E-state index contributed by atoms with van der Waals surface area (Å²) in [5, 5.41) is 12.1. The van der Waals surface area contributed by atoms with Gasteiger partial charge in [0.2, 0.25) is 0 Å². The number of aromatic nitrogens is 2. The van der Waals surface area contributed by atoms with Crippen LogP contribution >= 0.6 is 15.9 Å². The lowest BCUT2D eigenvalue weighted by atomic mass is 10.0. The van der Waals surface area contributed by atoms with Crippen LogP contribution in [0.3, 0.4) is 0 Å². The maximum Gasteiger partial charge on any atom is 0.254 e. The van der Waals surface area contributed by atoms with Crippen molar-refractivity contribution in [2.45, 2.75) is 13.0 Å². The Balaban J connectivity index is 1.86. The number of aryl methyl sites for hydroxylation is 1. The van der Waals surface area contributed by atoms with Gasteiger partial charge in [-0.3, -0.25) is 4.79 Å². The zero-order valence-corrected chi connectivity index (χ0v) is 16.9. The van der Waals surface area contributed by atoms with E-state index in [9.17, 15) is 18.7 Å². The summed E-state index contributed by atoms with van der Waals surface area (Å²) in [6.45, 7) is 1.24. The fourth-order valence-corrected chi connectivity index (χ4v) is 3.28. The van der Waals surface area contributed by atoms with Gasteiger partial charge in [-0.25, -0.2) is 18.7 Å². The summed E-state index contributed by atoms with van der Waals surface area (Å²) in [6, 6.07) is 7.02. The molecule has 3 aromatic rings. The highest BCUT2D eigenvalue weighted by molar-refractivity contribution is 9.10. The Labute approximate surface area is 173 Å². The number of carbonyl (C=O) groups excluding carboxylic acids is 1. The van der Waals surface area contributed by atoms with Crippen molar-refractivity contribution < 1.29 is 18.7 Å². The number of benzene rings is 2. The van der Waals surface area contributed by atoms with E-state index in [-0.39, 0.29) is 11.4 Å². The van der Waals surface area contributed by atoms with Crippen LogP contribution in [0, 0.1) is 18.6 Å². The van der Waals surface area contributed by atoms with E-state index in [1.807, 2.05) is 0 Å². The molecule has 29 heavy (non-hydrogen) atoms. The van der Waals surface area contributed by atoms with Crippen molar-refractivity contribution in [3.05, 3.63) is 75.5 Å². The van der Waals surface area contributed by atoms with Crippen LogP contribution in [0.2, 0.25) is 0 Å². The molecule has 0 saturated heterocycles. The molecule has 0 spiro atoms. The first-order chi connectivity index (χ1) is 13.8. The highest BCUT2D eigenvalue weighted by atomic mass is 79.9. The molecule has 0 aliphatic heterocycles. The quantitative estimate of drug-likeness (QED) is 0.538. The second-order valence-corrected chi connectivity index (χ2v) is 7.27. The SMILES string of the molecule is Cc1cnc(N)c(-c2ccc(C(=O)NC(CO)c3cc(F)cc(Br)c3)c(F)c2)n1. The van der Waals surface area contributed by atoms with Gasteiger partial charge in [-0.15, -0.1) is 0 Å². The fraction of sp³-hybridized carbons (Fsp3) is 0.150. The van der Waals surface area contributed by atoms with Crippen LogP contribution in [-0.4, -0.2) is 27.6 Å². The Morgan fingerprint density at radius 2 is 2.03 bits per heavy atom. The number of nitrogens with zero attached hydrogens (tertiary/aromatic N) is 2. The maximum absolute atomic E-state index is 14.6. The van der Waals surface area contributed by atoms with E-state index in [1.54, 1.807) is 13.0 Å². The number of anilines is 1. The number of nitrogen functional groups attached to an aromatic ring is 1. The van der Waals surface area contributed by atoms with Gasteiger partial charge in [0.1, 0.15) is 23.1 Å². The molecule has 1 unspecified atom stereocenters. The van der Waals surface area contributed by atoms with Gasteiger partial charge in [-0.05, 0) is 42.8 Å². The lowest BCUT2D eigenvalue weighted by molar-refractivity contribution is 0.0912. The molecule has 1 amide bonds. The third-order valence-electron chi connectivity index (χ3n) is 4.18. The molecule has 4 N–H and O–H groups in total. The summed E-state index contributed by atoms with van der Waals surface area (Å²) in [4.78, 5) is 20.8. The van der Waals surface area contributed by atoms with Crippen molar-refractivity contribution in [1.29, 1.82) is 0 Å². The fourth-order valence-electron chi connectivity index (χ4n) is 2.79. The molecule has 0 aliphatic carbocycles. The minimum atomic E-state index is -0.910. The Kier molecular flexibility index (Phi) is 6.19. The van der Waals surface area contributed by atoms with Crippen molar-refractivity contribution in [3.63, 3.8) is 0 Å². The smallest absolute Gasteiger partial charge is 0.254 e. The van der Waals surface area contributed by atoms with Crippen molar-refractivity contribution in [1.82, 2.24) is 15.3 Å². The van der Waals surface area contributed by atoms with E-state index in [0.29, 0.717) is 27.0 Å². The van der Waals surface area contributed by atoms with Gasteiger partial charge in [-0.1, -0.05) is 22.0 Å². The van der Waals surface area contributed by atoms with Gasteiger partial charge in [-0.2, -0.15) is 0 Å². The molecule has 0 bridgehead atoms. The molecule has 9 heteroatoms. The van der Waals surface area contributed by atoms with Crippen LogP contribution in [0.15, 0.2) is 47.1 Å². The number of carbonyl (C=O) groups is 1. The topological polar surface area (TPSA) is 101 Å². The molecule has 0 fully saturated rings. The van der Waals surface area contributed by atoms with Crippen molar-refractivity contribution in [2.24, 2.45) is 0 Å². The number of hydrogen-bond donors (Lipinski definition) is 3. The summed E-state index contributed by atoms with van der Waals surface area (Å²) in [5.41, 5.74) is 7.21. The van der Waals surface area contributed by atoms with Gasteiger partial charge in [0, 0.05) is 10.0 Å². The van der Waals surface area contributed by atoms with Crippen molar-refractivity contribution in [3.8, 4) is 11.3 Å². The number of hydrogen-bond acceptors (Lipinski definition) is 5. The first kappa shape index (κ1) is 20.8. The van der Waals surface area contributed by atoms with Crippen LogP contribution in [0.4, 0.5) is 14.6 Å². The van der Waals surface area contributed by atoms with Gasteiger partial charge < -0.3 is 16.2 Å². The van der Waals surface area contributed by atoms with Crippen LogP contribution in [0.25, 0.3) is 11.3 Å². The molecular weight excluding hydrogens is 446 g/mol. The molecule has 2 aromatic carbocycles. The maximum atomic E-state index is 14.6. The highest BCUT2D eigenvalue weighted by Gasteiger charge is 2.20. The van der Waals surface area contributed by atoms with Gasteiger partial charge in [0.05, 0.1) is 30.1 Å². The average molecular weight is 463 g/mol. The molecule has 150 valence electrons. The first-order valence-corrected chi connectivity index (χ1v) is 9.34.